The second-order valence-corrected chi connectivity index (χ2v) is 8.82. The highest BCUT2D eigenvalue weighted by Gasteiger charge is 2.36. The van der Waals surface area contributed by atoms with Crippen LogP contribution in [0.25, 0.3) is 0 Å². The average molecular weight is 451 g/mol. The maximum absolute atomic E-state index is 12.8. The highest BCUT2D eigenvalue weighted by molar-refractivity contribution is 7.89. The van der Waals surface area contributed by atoms with Gasteiger partial charge in [-0.25, -0.2) is 13.2 Å². The summed E-state index contributed by atoms with van der Waals surface area (Å²) in [5.74, 6) is -0.704. The van der Waals surface area contributed by atoms with Gasteiger partial charge in [-0.2, -0.15) is 4.31 Å². The van der Waals surface area contributed by atoms with Crippen molar-refractivity contribution in [3.8, 4) is 5.75 Å². The molecule has 0 aliphatic carbocycles. The Bertz CT molecular complexity index is 1030. The normalized spacial score (nSPS) is 14.6. The maximum Gasteiger partial charge on any atom is 0.324 e. The number of carbonyl (C=O) groups is 1. The Hall–Kier alpha value is -1.71. The number of aromatic hydroxyl groups is 1. The predicted octanol–water partition coefficient (Wildman–Crippen LogP) is 3.96. The van der Waals surface area contributed by atoms with Crippen molar-refractivity contribution in [2.75, 3.05) is 18.0 Å². The largest absolute Gasteiger partial charge is 0.504 e. The van der Waals surface area contributed by atoms with Crippen LogP contribution in [0, 0.1) is 0 Å². The summed E-state index contributed by atoms with van der Waals surface area (Å²) in [6.45, 7) is 0.643. The molecular weight excluding hydrogens is 437 g/mol. The number of anilines is 2. The number of hydrogen-bond acceptors (Lipinski definition) is 4. The van der Waals surface area contributed by atoms with E-state index in [-0.39, 0.29) is 26.4 Å². The number of primary amides is 1. The number of benzene rings is 2. The molecule has 3 N–H and O–H groups in total. The van der Waals surface area contributed by atoms with E-state index in [9.17, 15) is 18.3 Å². The third kappa shape index (κ3) is 3.43. The fourth-order valence-corrected chi connectivity index (χ4v) is 5.14. The van der Waals surface area contributed by atoms with Crippen LogP contribution in [0.4, 0.5) is 16.2 Å². The van der Waals surface area contributed by atoms with Crippen molar-refractivity contribution in [2.45, 2.75) is 11.3 Å². The number of rotatable bonds is 4. The van der Waals surface area contributed by atoms with Gasteiger partial charge < -0.3 is 10.8 Å². The molecule has 0 spiro atoms. The zero-order chi connectivity index (χ0) is 19.9. The first kappa shape index (κ1) is 20.0. The SMILES string of the molecule is NC(=O)N(c1ccc(Cl)c(S(=O)(=O)N2CCC2)c1O)c1cccc(Cl)c1Cl. The van der Waals surface area contributed by atoms with Gasteiger partial charge in [0.05, 0.1) is 26.4 Å². The molecule has 0 unspecified atom stereocenters. The third-order valence-corrected chi connectivity index (χ3v) is 7.32. The molecular formula is C16H14Cl3N3O4S. The summed E-state index contributed by atoms with van der Waals surface area (Å²) in [7, 11) is -4.03. The summed E-state index contributed by atoms with van der Waals surface area (Å²) in [6, 6.07) is 6.03. The van der Waals surface area contributed by atoms with Crippen LogP contribution in [0.3, 0.4) is 0 Å². The lowest BCUT2D eigenvalue weighted by molar-refractivity contribution is 0.256. The van der Waals surface area contributed by atoms with Crippen LogP contribution in [0.2, 0.25) is 15.1 Å². The molecule has 0 radical (unpaired) electrons. The van der Waals surface area contributed by atoms with Gasteiger partial charge in [-0.3, -0.25) is 4.90 Å². The Kier molecular flexibility index (Phi) is 5.47. The van der Waals surface area contributed by atoms with Crippen molar-refractivity contribution in [3.63, 3.8) is 0 Å². The number of phenolic OH excluding ortho intramolecular Hbond substituents is 1. The van der Waals surface area contributed by atoms with Gasteiger partial charge in [-0.1, -0.05) is 40.9 Å². The Morgan fingerprint density at radius 1 is 1.07 bits per heavy atom. The van der Waals surface area contributed by atoms with E-state index in [1.807, 2.05) is 0 Å². The fraction of sp³-hybridized carbons (Fsp3) is 0.188. The van der Waals surface area contributed by atoms with Gasteiger partial charge in [-0.15, -0.1) is 0 Å². The molecule has 7 nitrogen and oxygen atoms in total. The summed E-state index contributed by atoms with van der Waals surface area (Å²) in [5, 5.41) is 10.7. The van der Waals surface area contributed by atoms with Gasteiger partial charge in [-0.05, 0) is 30.7 Å². The van der Waals surface area contributed by atoms with Crippen LogP contribution < -0.4 is 10.6 Å². The molecule has 0 atom stereocenters. The number of carbonyl (C=O) groups excluding carboxylic acids is 1. The summed E-state index contributed by atoms with van der Waals surface area (Å²) in [6.07, 6.45) is 0.711. The highest BCUT2D eigenvalue weighted by Crippen LogP contribution is 2.45. The molecule has 27 heavy (non-hydrogen) atoms. The minimum Gasteiger partial charge on any atom is -0.504 e. The van der Waals surface area contributed by atoms with E-state index in [1.165, 1.54) is 34.6 Å². The second-order valence-electron chi connectivity index (χ2n) is 5.75. The molecule has 2 amide bonds. The van der Waals surface area contributed by atoms with E-state index in [0.717, 1.165) is 4.90 Å². The van der Waals surface area contributed by atoms with Crippen molar-refractivity contribution in [1.29, 1.82) is 0 Å². The third-order valence-electron chi connectivity index (χ3n) is 4.11. The van der Waals surface area contributed by atoms with Crippen molar-refractivity contribution in [3.05, 3.63) is 45.4 Å². The van der Waals surface area contributed by atoms with Gasteiger partial charge in [0.1, 0.15) is 4.90 Å². The second kappa shape index (κ2) is 7.37. The van der Waals surface area contributed by atoms with Crippen molar-refractivity contribution in [2.24, 2.45) is 5.73 Å². The van der Waals surface area contributed by atoms with Gasteiger partial charge in [0, 0.05) is 13.1 Å². The molecule has 0 saturated carbocycles. The van der Waals surface area contributed by atoms with Crippen LogP contribution in [0.5, 0.6) is 5.75 Å². The Balaban J connectivity index is 2.22. The molecule has 2 aromatic rings. The fourth-order valence-electron chi connectivity index (χ4n) is 2.65. The molecule has 1 aliphatic heterocycles. The lowest BCUT2D eigenvalue weighted by Crippen LogP contribution is -2.42. The molecule has 1 saturated heterocycles. The highest BCUT2D eigenvalue weighted by atomic mass is 35.5. The quantitative estimate of drug-likeness (QED) is 0.735. The lowest BCUT2D eigenvalue weighted by atomic mass is 10.2. The summed E-state index contributed by atoms with van der Waals surface area (Å²) < 4.78 is 26.7. The molecule has 2 aromatic carbocycles. The van der Waals surface area contributed by atoms with Crippen LogP contribution in [-0.2, 0) is 10.0 Å². The first-order chi connectivity index (χ1) is 12.7. The van der Waals surface area contributed by atoms with E-state index in [2.05, 4.69) is 0 Å². The van der Waals surface area contributed by atoms with Crippen molar-refractivity contribution < 1.29 is 18.3 Å². The van der Waals surface area contributed by atoms with Crippen molar-refractivity contribution in [1.82, 2.24) is 4.31 Å². The number of phenols is 1. The molecule has 144 valence electrons. The molecule has 3 rings (SSSR count). The summed E-state index contributed by atoms with van der Waals surface area (Å²) >= 11 is 18.2. The van der Waals surface area contributed by atoms with Crippen LogP contribution in [0.15, 0.2) is 35.2 Å². The topological polar surface area (TPSA) is 104 Å². The first-order valence-corrected chi connectivity index (χ1v) is 10.3. The van der Waals surface area contributed by atoms with Crippen molar-refractivity contribution >= 4 is 62.2 Å². The van der Waals surface area contributed by atoms with Gasteiger partial charge in [0.15, 0.2) is 5.75 Å². The van der Waals surface area contributed by atoms with Gasteiger partial charge in [0.2, 0.25) is 10.0 Å². The molecule has 11 heteroatoms. The molecule has 0 aromatic heterocycles. The van der Waals surface area contributed by atoms with Crippen LogP contribution in [0.1, 0.15) is 6.42 Å². The molecule has 1 heterocycles. The Morgan fingerprint density at radius 2 is 1.74 bits per heavy atom. The zero-order valence-electron chi connectivity index (χ0n) is 13.7. The summed E-state index contributed by atoms with van der Waals surface area (Å²) in [5.41, 5.74) is 5.36. The molecule has 1 fully saturated rings. The number of nitrogens with two attached hydrogens (primary N) is 1. The van der Waals surface area contributed by atoms with E-state index in [4.69, 9.17) is 40.5 Å². The van der Waals surface area contributed by atoms with E-state index < -0.39 is 26.7 Å². The molecule has 1 aliphatic rings. The number of nitrogens with zero attached hydrogens (tertiary/aromatic N) is 2. The van der Waals surface area contributed by atoms with Gasteiger partial charge >= 0.3 is 6.03 Å². The van der Waals surface area contributed by atoms with E-state index in [1.54, 1.807) is 0 Å². The van der Waals surface area contributed by atoms with E-state index in [0.29, 0.717) is 19.5 Å². The average Bonchev–Trinajstić information content (AvgIpc) is 2.51. The number of sulfonamides is 1. The number of hydrogen-bond donors (Lipinski definition) is 2. The number of halogens is 3. The number of amides is 2. The van der Waals surface area contributed by atoms with E-state index >= 15 is 0 Å². The van der Waals surface area contributed by atoms with Gasteiger partial charge in [0.25, 0.3) is 0 Å². The standard InChI is InChI=1S/C16H14Cl3N3O4S/c17-9-3-1-4-11(13(9)19)22(16(20)24)12-6-5-10(18)15(14(12)23)27(25,26)21-7-2-8-21/h1,3-6,23H,2,7-8H2,(H2,20,24). The monoisotopic (exact) mass is 449 g/mol. The number of urea groups is 1. The zero-order valence-corrected chi connectivity index (χ0v) is 16.8. The Morgan fingerprint density at radius 3 is 2.30 bits per heavy atom. The van der Waals surface area contributed by atoms with Crippen LogP contribution in [-0.4, -0.2) is 37.0 Å². The lowest BCUT2D eigenvalue weighted by Gasteiger charge is -2.31. The predicted molar refractivity (Wildman–Crippen MR) is 105 cm³/mol. The first-order valence-electron chi connectivity index (χ1n) is 7.71. The maximum atomic E-state index is 12.8. The minimum atomic E-state index is -4.03. The van der Waals surface area contributed by atoms with Crippen LogP contribution >= 0.6 is 34.8 Å². The molecule has 0 bridgehead atoms. The smallest absolute Gasteiger partial charge is 0.324 e. The Labute approximate surface area is 170 Å². The summed E-state index contributed by atoms with van der Waals surface area (Å²) in [4.78, 5) is 12.5. The minimum absolute atomic E-state index is 0.0134.